The first kappa shape index (κ1) is 26.0. The molecule has 1 unspecified atom stereocenters. The zero-order valence-corrected chi connectivity index (χ0v) is 19.9. The second-order valence-corrected chi connectivity index (χ2v) is 7.98. The van der Waals surface area contributed by atoms with E-state index in [4.69, 9.17) is 37.9 Å². The number of halogens is 2. The van der Waals surface area contributed by atoms with Gasteiger partial charge in [0, 0.05) is 5.02 Å². The molecule has 0 saturated heterocycles. The van der Waals surface area contributed by atoms with Crippen LogP contribution in [0.5, 0.6) is 11.5 Å². The number of amides is 2. The number of hydrogen-bond donors (Lipinski definition) is 2. The molecule has 0 aromatic heterocycles. The lowest BCUT2D eigenvalue weighted by Crippen LogP contribution is -2.48. The van der Waals surface area contributed by atoms with Crippen LogP contribution in [0.2, 0.25) is 10.0 Å². The molecule has 0 fully saturated rings. The molecule has 0 aliphatic rings. The molecular formula is C23H24Cl2N4O4. The SMILES string of the molecule is CCOc1cc(/C=N\NC(=O)C(NC(=O)c2ccc(Cl)cc2Cl)C(C)C)ccc1OCC#N. The van der Waals surface area contributed by atoms with Gasteiger partial charge in [-0.15, -0.1) is 0 Å². The van der Waals surface area contributed by atoms with Crippen molar-refractivity contribution in [2.24, 2.45) is 11.0 Å². The van der Waals surface area contributed by atoms with Gasteiger partial charge < -0.3 is 14.8 Å². The maximum Gasteiger partial charge on any atom is 0.262 e. The van der Waals surface area contributed by atoms with Gasteiger partial charge in [0.15, 0.2) is 18.1 Å². The summed E-state index contributed by atoms with van der Waals surface area (Å²) >= 11 is 12.0. The number of hydrazone groups is 1. The largest absolute Gasteiger partial charge is 0.490 e. The molecule has 8 nitrogen and oxygen atoms in total. The van der Waals surface area contributed by atoms with E-state index in [0.717, 1.165) is 0 Å². The van der Waals surface area contributed by atoms with E-state index in [-0.39, 0.29) is 23.1 Å². The van der Waals surface area contributed by atoms with E-state index in [1.165, 1.54) is 18.3 Å². The molecule has 2 aromatic carbocycles. The van der Waals surface area contributed by atoms with Crippen LogP contribution < -0.4 is 20.2 Å². The minimum absolute atomic E-state index is 0.104. The van der Waals surface area contributed by atoms with Gasteiger partial charge in [0.1, 0.15) is 12.1 Å². The van der Waals surface area contributed by atoms with E-state index in [1.54, 1.807) is 38.1 Å². The predicted octanol–water partition coefficient (Wildman–Crippen LogP) is 4.20. The first-order valence-corrected chi connectivity index (χ1v) is 10.9. The van der Waals surface area contributed by atoms with Gasteiger partial charge in [-0.1, -0.05) is 37.0 Å². The van der Waals surface area contributed by atoms with Crippen LogP contribution in [0.1, 0.15) is 36.7 Å². The van der Waals surface area contributed by atoms with Crippen LogP contribution in [-0.4, -0.2) is 37.3 Å². The van der Waals surface area contributed by atoms with Crippen molar-refractivity contribution in [1.82, 2.24) is 10.7 Å². The maximum atomic E-state index is 12.7. The van der Waals surface area contributed by atoms with Gasteiger partial charge in [-0.2, -0.15) is 10.4 Å². The third-order valence-corrected chi connectivity index (χ3v) is 4.91. The van der Waals surface area contributed by atoms with Crippen molar-refractivity contribution in [3.05, 3.63) is 57.6 Å². The normalized spacial score (nSPS) is 11.7. The molecule has 1 atom stereocenters. The molecule has 2 rings (SSSR count). The fourth-order valence-electron chi connectivity index (χ4n) is 2.77. The Morgan fingerprint density at radius 1 is 1.15 bits per heavy atom. The summed E-state index contributed by atoms with van der Waals surface area (Å²) in [4.78, 5) is 25.2. The van der Waals surface area contributed by atoms with E-state index in [9.17, 15) is 9.59 Å². The number of benzene rings is 2. The Hall–Kier alpha value is -3.28. The first-order chi connectivity index (χ1) is 15.8. The van der Waals surface area contributed by atoms with Crippen LogP contribution in [0.3, 0.4) is 0 Å². The molecule has 0 aliphatic heterocycles. The zero-order chi connectivity index (χ0) is 24.4. The highest BCUT2D eigenvalue weighted by Gasteiger charge is 2.25. The van der Waals surface area contributed by atoms with E-state index in [0.29, 0.717) is 28.7 Å². The van der Waals surface area contributed by atoms with Gasteiger partial charge in [0.2, 0.25) is 0 Å². The van der Waals surface area contributed by atoms with Crippen molar-refractivity contribution in [2.45, 2.75) is 26.8 Å². The number of hydrogen-bond acceptors (Lipinski definition) is 6. The smallest absolute Gasteiger partial charge is 0.262 e. The van der Waals surface area contributed by atoms with Gasteiger partial charge in [-0.25, -0.2) is 5.43 Å². The lowest BCUT2D eigenvalue weighted by Gasteiger charge is -2.20. The van der Waals surface area contributed by atoms with E-state index in [1.807, 2.05) is 13.0 Å². The van der Waals surface area contributed by atoms with Crippen LogP contribution in [-0.2, 0) is 4.79 Å². The molecule has 0 bridgehead atoms. The van der Waals surface area contributed by atoms with Crippen LogP contribution >= 0.6 is 23.2 Å². The standard InChI is InChI=1S/C23H24Cl2N4O4/c1-4-32-20-11-15(5-8-19(20)33-10-9-26)13-27-29-23(31)21(14(2)3)28-22(30)17-7-6-16(24)12-18(17)25/h5-8,11-14,21H,4,10H2,1-3H3,(H,28,30)(H,29,31)/b27-13-. The van der Waals surface area contributed by atoms with Crippen LogP contribution in [0, 0.1) is 17.2 Å². The Kier molecular flexibility index (Phi) is 9.98. The van der Waals surface area contributed by atoms with Gasteiger partial charge in [0.05, 0.1) is 23.4 Å². The first-order valence-electron chi connectivity index (χ1n) is 10.1. The van der Waals surface area contributed by atoms with Crippen LogP contribution in [0.15, 0.2) is 41.5 Å². The number of nitrogens with zero attached hydrogens (tertiary/aromatic N) is 2. The molecular weight excluding hydrogens is 467 g/mol. The summed E-state index contributed by atoms with van der Waals surface area (Å²) in [5.74, 6) is -0.308. The molecule has 33 heavy (non-hydrogen) atoms. The van der Waals surface area contributed by atoms with E-state index < -0.39 is 17.9 Å². The molecule has 2 aromatic rings. The van der Waals surface area contributed by atoms with Gasteiger partial charge >= 0.3 is 0 Å². The van der Waals surface area contributed by atoms with E-state index in [2.05, 4.69) is 15.8 Å². The molecule has 10 heteroatoms. The molecule has 0 heterocycles. The lowest BCUT2D eigenvalue weighted by molar-refractivity contribution is -0.123. The summed E-state index contributed by atoms with van der Waals surface area (Å²) in [6.45, 7) is 5.73. The summed E-state index contributed by atoms with van der Waals surface area (Å²) in [7, 11) is 0. The Morgan fingerprint density at radius 3 is 2.55 bits per heavy atom. The minimum atomic E-state index is -0.845. The van der Waals surface area contributed by atoms with Crippen molar-refractivity contribution in [2.75, 3.05) is 13.2 Å². The fraction of sp³-hybridized carbons (Fsp3) is 0.304. The highest BCUT2D eigenvalue weighted by atomic mass is 35.5. The summed E-state index contributed by atoms with van der Waals surface area (Å²) in [6, 6.07) is 10.6. The number of rotatable bonds is 10. The number of carbonyl (C=O) groups is 2. The second-order valence-electron chi connectivity index (χ2n) is 7.14. The van der Waals surface area contributed by atoms with E-state index >= 15 is 0 Å². The third kappa shape index (κ3) is 7.67. The molecule has 0 radical (unpaired) electrons. The van der Waals surface area contributed by atoms with Gasteiger partial charge in [-0.3, -0.25) is 9.59 Å². The van der Waals surface area contributed by atoms with Crippen molar-refractivity contribution >= 4 is 41.2 Å². The Labute approximate surface area is 202 Å². The second kappa shape index (κ2) is 12.7. The quantitative estimate of drug-likeness (QED) is 0.382. The van der Waals surface area contributed by atoms with Crippen molar-refractivity contribution < 1.29 is 19.1 Å². The molecule has 0 aliphatic carbocycles. The number of ether oxygens (including phenoxy) is 2. The fourth-order valence-corrected chi connectivity index (χ4v) is 3.26. The minimum Gasteiger partial charge on any atom is -0.490 e. The average molecular weight is 491 g/mol. The Morgan fingerprint density at radius 2 is 1.91 bits per heavy atom. The molecule has 0 spiro atoms. The van der Waals surface area contributed by atoms with Gasteiger partial charge in [-0.05, 0) is 54.8 Å². The van der Waals surface area contributed by atoms with Crippen molar-refractivity contribution in [3.8, 4) is 17.6 Å². The summed E-state index contributed by atoms with van der Waals surface area (Å²) < 4.78 is 10.9. The lowest BCUT2D eigenvalue weighted by atomic mass is 10.0. The molecule has 174 valence electrons. The average Bonchev–Trinajstić information content (AvgIpc) is 2.76. The summed E-state index contributed by atoms with van der Waals surface area (Å²) in [5, 5.41) is 15.9. The summed E-state index contributed by atoms with van der Waals surface area (Å²) in [5.41, 5.74) is 3.29. The number of carbonyl (C=O) groups excluding carboxylic acids is 2. The predicted molar refractivity (Wildman–Crippen MR) is 127 cm³/mol. The third-order valence-electron chi connectivity index (χ3n) is 4.36. The number of nitrogens with one attached hydrogen (secondary N) is 2. The molecule has 2 amide bonds. The van der Waals surface area contributed by atoms with Gasteiger partial charge in [0.25, 0.3) is 11.8 Å². The molecule has 2 N–H and O–H groups in total. The number of nitriles is 1. The Bertz CT molecular complexity index is 1070. The highest BCUT2D eigenvalue weighted by Crippen LogP contribution is 2.28. The maximum absolute atomic E-state index is 12.7. The molecule has 0 saturated carbocycles. The Balaban J connectivity index is 2.07. The van der Waals surface area contributed by atoms with Crippen LogP contribution in [0.4, 0.5) is 0 Å². The topological polar surface area (TPSA) is 113 Å². The van der Waals surface area contributed by atoms with Crippen LogP contribution in [0.25, 0.3) is 0 Å². The zero-order valence-electron chi connectivity index (χ0n) is 18.4. The summed E-state index contributed by atoms with van der Waals surface area (Å²) in [6.07, 6.45) is 1.43. The monoisotopic (exact) mass is 490 g/mol. The van der Waals surface area contributed by atoms with Crippen molar-refractivity contribution in [1.29, 1.82) is 5.26 Å². The highest BCUT2D eigenvalue weighted by molar-refractivity contribution is 6.36. The van der Waals surface area contributed by atoms with Crippen molar-refractivity contribution in [3.63, 3.8) is 0 Å².